The van der Waals surface area contributed by atoms with Gasteiger partial charge in [0.15, 0.2) is 0 Å². The van der Waals surface area contributed by atoms with Crippen LogP contribution in [-0.4, -0.2) is 65.2 Å². The minimum Gasteiger partial charge on any atom is -0.489 e. The van der Waals surface area contributed by atoms with Crippen LogP contribution in [0, 0.1) is 5.92 Å². The first-order chi connectivity index (χ1) is 27.8. The van der Waals surface area contributed by atoms with Crippen LogP contribution in [0.15, 0.2) is 135 Å². The molecule has 0 radical (unpaired) electrons. The molecule has 0 saturated heterocycles. The summed E-state index contributed by atoms with van der Waals surface area (Å²) in [4.78, 5) is 55.4. The molecule has 0 fully saturated rings. The molecule has 1 aliphatic heterocycles. The summed E-state index contributed by atoms with van der Waals surface area (Å²) in [6.45, 7) is 7.87. The molecule has 0 aliphatic carbocycles. The number of aliphatic hydroxyl groups is 1. The summed E-state index contributed by atoms with van der Waals surface area (Å²) >= 11 is 0. The zero-order valence-corrected chi connectivity index (χ0v) is 32.1. The highest BCUT2D eigenvalue weighted by Crippen LogP contribution is 2.25. The van der Waals surface area contributed by atoms with Crippen molar-refractivity contribution in [1.82, 2.24) is 15.5 Å². The Labute approximate surface area is 334 Å². The van der Waals surface area contributed by atoms with Gasteiger partial charge in [-0.05, 0) is 65.6 Å². The van der Waals surface area contributed by atoms with Crippen molar-refractivity contribution in [1.29, 1.82) is 0 Å². The van der Waals surface area contributed by atoms with E-state index in [4.69, 9.17) is 14.2 Å². The molecule has 0 saturated carbocycles. The molecule has 4 unspecified atom stereocenters. The second-order valence-electron chi connectivity index (χ2n) is 14.0. The summed E-state index contributed by atoms with van der Waals surface area (Å²) in [6.07, 6.45) is 3.30. The van der Waals surface area contributed by atoms with Crippen LogP contribution in [-0.2, 0) is 56.5 Å². The Hall–Kier alpha value is -6.20. The summed E-state index contributed by atoms with van der Waals surface area (Å²) in [5.74, 6) is -1.49. The monoisotopic (exact) mass is 773 g/mol. The molecule has 11 nitrogen and oxygen atoms in total. The molecule has 4 atom stereocenters. The average molecular weight is 774 g/mol. The van der Waals surface area contributed by atoms with Gasteiger partial charge in [-0.15, -0.1) is 13.2 Å². The van der Waals surface area contributed by atoms with Crippen molar-refractivity contribution in [2.45, 2.75) is 70.0 Å². The fraction of sp³-hybridized carbons (Fsp3) is 0.304. The van der Waals surface area contributed by atoms with E-state index in [2.05, 4.69) is 23.8 Å². The largest absolute Gasteiger partial charge is 0.489 e. The zero-order valence-electron chi connectivity index (χ0n) is 32.1. The van der Waals surface area contributed by atoms with E-state index < -0.39 is 42.0 Å². The maximum absolute atomic E-state index is 14.0. The first-order valence-corrected chi connectivity index (χ1v) is 19.1. The molecule has 3 amide bonds. The highest BCUT2D eigenvalue weighted by atomic mass is 16.6. The Morgan fingerprint density at radius 1 is 0.754 bits per heavy atom. The fourth-order valence-corrected chi connectivity index (χ4v) is 6.64. The van der Waals surface area contributed by atoms with Crippen molar-refractivity contribution in [3.05, 3.63) is 162 Å². The van der Waals surface area contributed by atoms with Crippen molar-refractivity contribution in [3.63, 3.8) is 0 Å². The minimum absolute atomic E-state index is 0.0206. The van der Waals surface area contributed by atoms with Crippen LogP contribution in [0.3, 0.4) is 0 Å². The Bertz CT molecular complexity index is 1940. The molecular formula is C46H51N3O8. The van der Waals surface area contributed by atoms with Crippen molar-refractivity contribution >= 4 is 23.9 Å². The second kappa shape index (κ2) is 21.8. The normalized spacial score (nSPS) is 14.8. The number of allylic oxidation sites excluding steroid dienone is 1. The van der Waals surface area contributed by atoms with Crippen molar-refractivity contribution < 1.29 is 38.5 Å². The third kappa shape index (κ3) is 12.9. The average Bonchev–Trinajstić information content (AvgIpc) is 3.24. The highest BCUT2D eigenvalue weighted by molar-refractivity contribution is 5.86. The lowest BCUT2D eigenvalue weighted by atomic mass is 9.92. The molecule has 0 aromatic heterocycles. The van der Waals surface area contributed by atoms with Crippen molar-refractivity contribution in [2.75, 3.05) is 13.2 Å². The molecule has 4 aromatic rings. The standard InChI is InChI=1S/C46H51N3O8/c1-3-13-37(27-43(51)49-28-38-20-12-11-19-36(38)26-40(49)29-50)44(52)47-39(25-33-21-23-41(24-22-33)55-30-34-15-7-5-8-16-34)32-56-45(53)42(14-4-2)48-46(54)57-31-35-17-9-6-10-18-35/h3-12,15-24,37,39-40,42,50H,1-2,13-14,25-32H2,(H,47,52)(H,48,54). The van der Waals surface area contributed by atoms with E-state index in [0.29, 0.717) is 25.3 Å². The lowest BCUT2D eigenvalue weighted by molar-refractivity contribution is -0.147. The molecular weight excluding hydrogens is 723 g/mol. The van der Waals surface area contributed by atoms with Gasteiger partial charge in [-0.1, -0.05) is 109 Å². The quantitative estimate of drug-likeness (QED) is 0.0709. The molecule has 4 aromatic carbocycles. The first kappa shape index (κ1) is 42.0. The van der Waals surface area contributed by atoms with Crippen LogP contribution in [0.2, 0.25) is 0 Å². The van der Waals surface area contributed by atoms with E-state index in [1.807, 2.05) is 109 Å². The van der Waals surface area contributed by atoms with E-state index in [1.165, 1.54) is 6.08 Å². The zero-order chi connectivity index (χ0) is 40.4. The van der Waals surface area contributed by atoms with Gasteiger partial charge in [-0.2, -0.15) is 0 Å². The number of hydrogen-bond donors (Lipinski definition) is 3. The summed E-state index contributed by atoms with van der Waals surface area (Å²) in [5.41, 5.74) is 4.75. The van der Waals surface area contributed by atoms with Gasteiger partial charge in [0.1, 0.15) is 31.6 Å². The van der Waals surface area contributed by atoms with Gasteiger partial charge < -0.3 is 34.9 Å². The lowest BCUT2D eigenvalue weighted by Crippen LogP contribution is -2.49. The summed E-state index contributed by atoms with van der Waals surface area (Å²) in [5, 5.41) is 15.7. The molecule has 0 bridgehead atoms. The van der Waals surface area contributed by atoms with Gasteiger partial charge in [0, 0.05) is 13.0 Å². The summed E-state index contributed by atoms with van der Waals surface area (Å²) in [7, 11) is 0. The highest BCUT2D eigenvalue weighted by Gasteiger charge is 2.33. The minimum atomic E-state index is -1.08. The molecule has 3 N–H and O–H groups in total. The van der Waals surface area contributed by atoms with Crippen LogP contribution >= 0.6 is 0 Å². The van der Waals surface area contributed by atoms with E-state index in [1.54, 1.807) is 11.0 Å². The van der Waals surface area contributed by atoms with E-state index in [0.717, 1.165) is 27.8 Å². The van der Waals surface area contributed by atoms with Gasteiger partial charge in [0.2, 0.25) is 11.8 Å². The fourth-order valence-electron chi connectivity index (χ4n) is 6.64. The number of esters is 1. The predicted molar refractivity (Wildman–Crippen MR) is 217 cm³/mol. The number of carbonyl (C=O) groups excluding carboxylic acids is 4. The van der Waals surface area contributed by atoms with Crippen molar-refractivity contribution in [3.8, 4) is 5.75 Å². The molecule has 57 heavy (non-hydrogen) atoms. The number of amides is 3. The van der Waals surface area contributed by atoms with E-state index in [9.17, 15) is 24.3 Å². The molecule has 1 aliphatic rings. The molecule has 0 spiro atoms. The number of carbonyl (C=O) groups is 4. The number of nitrogens with zero attached hydrogens (tertiary/aromatic N) is 1. The number of fused-ring (bicyclic) bond motifs is 1. The number of rotatable bonds is 20. The van der Waals surface area contributed by atoms with E-state index >= 15 is 0 Å². The Kier molecular flexibility index (Phi) is 16.0. The van der Waals surface area contributed by atoms with Crippen molar-refractivity contribution in [2.24, 2.45) is 5.92 Å². The van der Waals surface area contributed by atoms with Gasteiger partial charge in [-0.25, -0.2) is 9.59 Å². The van der Waals surface area contributed by atoms with Crippen LogP contribution in [0.25, 0.3) is 0 Å². The van der Waals surface area contributed by atoms with Crippen LogP contribution in [0.1, 0.15) is 47.1 Å². The molecule has 1 heterocycles. The number of hydrogen-bond acceptors (Lipinski definition) is 8. The molecule has 298 valence electrons. The number of nitrogens with one attached hydrogen (secondary N) is 2. The number of benzene rings is 4. The van der Waals surface area contributed by atoms with Gasteiger partial charge >= 0.3 is 12.1 Å². The van der Waals surface area contributed by atoms with Crippen LogP contribution < -0.4 is 15.4 Å². The third-order valence-corrected chi connectivity index (χ3v) is 9.75. The summed E-state index contributed by atoms with van der Waals surface area (Å²) in [6, 6.07) is 32.0. The lowest BCUT2D eigenvalue weighted by Gasteiger charge is -2.36. The number of alkyl carbamates (subject to hydrolysis) is 1. The van der Waals surface area contributed by atoms with Gasteiger partial charge in [-0.3, -0.25) is 9.59 Å². The molecule has 11 heteroatoms. The molecule has 5 rings (SSSR count). The smallest absolute Gasteiger partial charge is 0.408 e. The second-order valence-corrected chi connectivity index (χ2v) is 14.0. The maximum atomic E-state index is 14.0. The Morgan fingerprint density at radius 3 is 2.04 bits per heavy atom. The van der Waals surface area contributed by atoms with Gasteiger partial charge in [0.25, 0.3) is 0 Å². The van der Waals surface area contributed by atoms with E-state index in [-0.39, 0.29) is 51.4 Å². The van der Waals surface area contributed by atoms with Crippen LogP contribution in [0.5, 0.6) is 5.75 Å². The van der Waals surface area contributed by atoms with Crippen LogP contribution in [0.4, 0.5) is 4.79 Å². The number of aliphatic hydroxyl groups excluding tert-OH is 1. The third-order valence-electron chi connectivity index (χ3n) is 9.75. The first-order valence-electron chi connectivity index (χ1n) is 19.1. The Balaban J connectivity index is 1.26. The summed E-state index contributed by atoms with van der Waals surface area (Å²) < 4.78 is 17.0. The Morgan fingerprint density at radius 2 is 1.39 bits per heavy atom. The van der Waals surface area contributed by atoms with Gasteiger partial charge in [0.05, 0.1) is 24.6 Å². The predicted octanol–water partition coefficient (Wildman–Crippen LogP) is 6.24. The maximum Gasteiger partial charge on any atom is 0.408 e. The topological polar surface area (TPSA) is 143 Å². The SMILES string of the molecule is C=CCC(CC(=O)N1Cc2ccccc2CC1CO)C(=O)NC(COC(=O)C(CC=C)NC(=O)OCc1ccccc1)Cc1ccc(OCc2ccccc2)cc1. The number of ether oxygens (including phenoxy) is 3.